The van der Waals surface area contributed by atoms with E-state index in [4.69, 9.17) is 9.97 Å². The number of nitrogens with one attached hydrogen (secondary N) is 6. The van der Waals surface area contributed by atoms with Gasteiger partial charge in [-0.25, -0.2) is 9.97 Å². The number of nitrogens with zero attached hydrogens (tertiary/aromatic N) is 6. The lowest BCUT2D eigenvalue weighted by molar-refractivity contribution is -0.144. The van der Waals surface area contributed by atoms with Crippen LogP contribution in [0, 0.1) is 0 Å². The molecular weight excluding hydrogens is 1020 g/mol. The Bertz CT molecular complexity index is 3040. The summed E-state index contributed by atoms with van der Waals surface area (Å²) in [6.45, 7) is 12.7. The average molecular weight is 1110 g/mol. The van der Waals surface area contributed by atoms with E-state index in [1.54, 1.807) is 37.7 Å². The zero-order chi connectivity index (χ0) is 57.2. The molecule has 6 N–H and O–H groups in total. The van der Waals surface area contributed by atoms with E-state index in [1.165, 1.54) is 0 Å². The van der Waals surface area contributed by atoms with Gasteiger partial charge in [0.25, 0.3) is 0 Å². The van der Waals surface area contributed by atoms with Crippen LogP contribution in [0.15, 0.2) is 92.0 Å². The number of amides is 6. The molecule has 4 saturated heterocycles. The van der Waals surface area contributed by atoms with Crippen molar-refractivity contribution in [3.05, 3.63) is 109 Å². The number of allylic oxidation sites excluding steroid dienone is 2. The highest BCUT2D eigenvalue weighted by Gasteiger charge is 2.46. The lowest BCUT2D eigenvalue weighted by atomic mass is 9.98. The largest absolute Gasteiger partial charge is 0.341 e. The number of likely N-dealkylation sites (N-methyl/N-ethyl adjacent to an activating group) is 2. The predicted molar refractivity (Wildman–Crippen MR) is 315 cm³/mol. The van der Waals surface area contributed by atoms with Crippen LogP contribution < -0.4 is 21.3 Å². The number of imidazole rings is 2. The van der Waals surface area contributed by atoms with Gasteiger partial charge in [0.15, 0.2) is 0 Å². The number of para-hydroxylation sites is 2. The summed E-state index contributed by atoms with van der Waals surface area (Å²) in [5.41, 5.74) is 6.53. The first-order valence-electron chi connectivity index (χ1n) is 29.7. The number of fused-ring (bicyclic) bond motifs is 4. The second-order valence-electron chi connectivity index (χ2n) is 22.8. The summed E-state index contributed by atoms with van der Waals surface area (Å²) in [5, 5.41) is 12.0. The van der Waals surface area contributed by atoms with Gasteiger partial charge in [-0.1, -0.05) is 105 Å². The Balaban J connectivity index is 0.732. The van der Waals surface area contributed by atoms with Crippen molar-refractivity contribution < 1.29 is 28.8 Å². The van der Waals surface area contributed by atoms with Crippen LogP contribution in [0.3, 0.4) is 0 Å². The molecule has 4 fully saturated rings. The number of carbonyl (C=O) groups excluding carboxylic acids is 6. The molecule has 5 aromatic rings. The van der Waals surface area contributed by atoms with Gasteiger partial charge in [-0.15, -0.1) is 13.2 Å². The fraction of sp³-hybridized carbons (Fsp3) is 0.524. The minimum atomic E-state index is -0.909. The molecule has 6 amide bonds. The quantitative estimate of drug-likeness (QED) is 0.0275. The van der Waals surface area contributed by atoms with Gasteiger partial charge in [0.1, 0.15) is 23.7 Å². The van der Waals surface area contributed by atoms with Crippen LogP contribution in [0.1, 0.15) is 152 Å². The van der Waals surface area contributed by atoms with E-state index in [2.05, 4.69) is 62.6 Å². The van der Waals surface area contributed by atoms with Crippen LogP contribution in [-0.4, -0.2) is 152 Å². The molecule has 0 spiro atoms. The molecule has 0 unspecified atom stereocenters. The maximum Gasteiger partial charge on any atom is 0.247 e. The van der Waals surface area contributed by atoms with Crippen LogP contribution >= 0.6 is 0 Å². The average Bonchev–Trinajstić information content (AvgIpc) is 4.51. The molecule has 8 atom stereocenters. The third-order valence-electron chi connectivity index (χ3n) is 17.6. The highest BCUT2D eigenvalue weighted by Crippen LogP contribution is 2.41. The first-order chi connectivity index (χ1) is 39.3. The van der Waals surface area contributed by atoms with Gasteiger partial charge in [-0.3, -0.25) is 28.8 Å². The standard InChI is InChI=1S/C63H84N12O6/c1-7-42(8-2)46-24-20-26-48-56(46)70-58(66-48)52-32-30-44-34-36-72(38-50(62(80)74(44)52)68-60(78)40(3)64-5)54(76)28-18-13-11-9-10-12-14-19-29-55(77)73-37-35-45-31-33-53(75(45)63(81)51(39-73)69-61(79)41(4)65-6)59-67-49-27-21-25-47(57(49)71-59)43-22-16-15-17-23-43/h7-8,15-17,20-27,40-42,44-45,50-53,64-65H,1-2,9-14,18-19,28-39H2,3-6H3,(H,66,70)(H,67,71)(H,68,78)(H,69,79)/t40-,41-,44+,45+,50-,51-,52-,53-/m0/s1. The summed E-state index contributed by atoms with van der Waals surface area (Å²) in [5.74, 6) is 0.377. The van der Waals surface area contributed by atoms with E-state index in [-0.39, 0.29) is 78.6 Å². The Morgan fingerprint density at radius 1 is 0.593 bits per heavy atom. The Morgan fingerprint density at radius 3 is 1.53 bits per heavy atom. The minimum Gasteiger partial charge on any atom is -0.341 e. The summed E-state index contributed by atoms with van der Waals surface area (Å²) in [6, 6.07) is 18.6. The first-order valence-corrected chi connectivity index (χ1v) is 29.7. The first kappa shape index (κ1) is 58.5. The zero-order valence-electron chi connectivity index (χ0n) is 47.9. The maximum atomic E-state index is 14.7. The lowest BCUT2D eigenvalue weighted by Crippen LogP contribution is -2.60. The molecule has 0 radical (unpaired) electrons. The van der Waals surface area contributed by atoms with Crippen molar-refractivity contribution in [2.75, 3.05) is 40.3 Å². The molecule has 3 aromatic carbocycles. The van der Waals surface area contributed by atoms with Crippen LogP contribution in [-0.2, 0) is 28.8 Å². The highest BCUT2D eigenvalue weighted by molar-refractivity contribution is 5.94. The number of carbonyl (C=O) groups is 6. The van der Waals surface area contributed by atoms with E-state index in [9.17, 15) is 28.8 Å². The van der Waals surface area contributed by atoms with Gasteiger partial charge in [-0.05, 0) is 103 Å². The second kappa shape index (κ2) is 27.1. The Labute approximate surface area is 476 Å². The number of aromatic nitrogens is 4. The smallest absolute Gasteiger partial charge is 0.247 e. The molecule has 4 aliphatic rings. The number of H-pyrrole nitrogens is 2. The van der Waals surface area contributed by atoms with Crippen molar-refractivity contribution in [1.82, 2.24) is 60.8 Å². The monoisotopic (exact) mass is 1100 g/mol. The topological polar surface area (TPSA) is 221 Å². The van der Waals surface area contributed by atoms with Crippen LogP contribution in [0.2, 0.25) is 0 Å². The molecule has 9 rings (SSSR count). The molecule has 4 aliphatic heterocycles. The summed E-state index contributed by atoms with van der Waals surface area (Å²) in [4.78, 5) is 109. The lowest BCUT2D eigenvalue weighted by Gasteiger charge is -2.39. The van der Waals surface area contributed by atoms with E-state index in [0.717, 1.165) is 115 Å². The van der Waals surface area contributed by atoms with Gasteiger partial charge in [-0.2, -0.15) is 0 Å². The molecule has 0 saturated carbocycles. The maximum absolute atomic E-state index is 14.7. The third-order valence-corrected chi connectivity index (χ3v) is 17.6. The van der Waals surface area contributed by atoms with Crippen molar-refractivity contribution in [3.8, 4) is 11.1 Å². The zero-order valence-corrected chi connectivity index (χ0v) is 47.9. The van der Waals surface area contributed by atoms with Crippen molar-refractivity contribution in [2.24, 2.45) is 0 Å². The van der Waals surface area contributed by atoms with E-state index < -0.39 is 24.2 Å². The summed E-state index contributed by atoms with van der Waals surface area (Å²) >= 11 is 0. The predicted octanol–water partition coefficient (Wildman–Crippen LogP) is 7.88. The number of aromatic amines is 2. The van der Waals surface area contributed by atoms with Crippen molar-refractivity contribution in [1.29, 1.82) is 0 Å². The molecule has 18 nitrogen and oxygen atoms in total. The van der Waals surface area contributed by atoms with Crippen LogP contribution in [0.4, 0.5) is 0 Å². The van der Waals surface area contributed by atoms with Gasteiger partial charge < -0.3 is 50.8 Å². The molecule has 0 aliphatic carbocycles. The van der Waals surface area contributed by atoms with Gasteiger partial charge in [0, 0.05) is 62.6 Å². The summed E-state index contributed by atoms with van der Waals surface area (Å²) < 4.78 is 0. The summed E-state index contributed by atoms with van der Waals surface area (Å²) in [7, 11) is 3.41. The third kappa shape index (κ3) is 13.3. The number of hydrogen-bond acceptors (Lipinski definition) is 10. The fourth-order valence-corrected chi connectivity index (χ4v) is 12.6. The summed E-state index contributed by atoms with van der Waals surface area (Å²) in [6.07, 6.45) is 16.0. The van der Waals surface area contributed by atoms with Crippen LogP contribution in [0.5, 0.6) is 0 Å². The fourth-order valence-electron chi connectivity index (χ4n) is 12.6. The molecule has 432 valence electrons. The molecular formula is C63H84N12O6. The number of benzene rings is 3. The van der Waals surface area contributed by atoms with Crippen molar-refractivity contribution in [3.63, 3.8) is 0 Å². The van der Waals surface area contributed by atoms with Gasteiger partial charge in [0.05, 0.1) is 46.2 Å². The molecule has 0 bridgehead atoms. The van der Waals surface area contributed by atoms with Crippen molar-refractivity contribution in [2.45, 2.75) is 171 Å². The Hall–Kier alpha value is -7.18. The normalized spacial score (nSPS) is 22.2. The Morgan fingerprint density at radius 2 is 1.05 bits per heavy atom. The molecule has 2 aromatic heterocycles. The van der Waals surface area contributed by atoms with Crippen LogP contribution in [0.25, 0.3) is 33.2 Å². The van der Waals surface area contributed by atoms with Gasteiger partial charge in [0.2, 0.25) is 35.4 Å². The molecule has 18 heteroatoms. The SMILES string of the molecule is C=CC(C=C)c1cccc2[nH]c([C@@H]3CC[C@@H]4CCN(C(=O)CCCCCCCCCCC(=O)N5CC[C@H]6CC[C@@H](c7nc8c(-c9ccccc9)cccc8[nH]7)N6C(=O)[C@@H](NC(=O)[C@H](C)NC)C5)C[C@H](NC(=O)[C@H](C)NC)C(=O)N43)nc12. The Kier molecular flexibility index (Phi) is 19.5. The number of rotatable bonds is 23. The minimum absolute atomic E-state index is 0.000667. The van der Waals surface area contributed by atoms with E-state index in [0.29, 0.717) is 51.0 Å². The van der Waals surface area contributed by atoms with E-state index in [1.807, 2.05) is 70.5 Å². The number of unbranched alkanes of at least 4 members (excludes halogenated alkanes) is 7. The highest BCUT2D eigenvalue weighted by atomic mass is 16.2. The second-order valence-corrected chi connectivity index (χ2v) is 22.8. The molecule has 6 heterocycles. The van der Waals surface area contributed by atoms with Crippen molar-refractivity contribution >= 4 is 57.5 Å². The van der Waals surface area contributed by atoms with E-state index >= 15 is 0 Å². The van der Waals surface area contributed by atoms with Gasteiger partial charge >= 0.3 is 0 Å². The number of hydrogen-bond donors (Lipinski definition) is 6. The molecule has 81 heavy (non-hydrogen) atoms.